The predicted molar refractivity (Wildman–Crippen MR) is 91.1 cm³/mol. The molecule has 1 amide bonds. The monoisotopic (exact) mass is 342 g/mol. The number of amides is 1. The molecule has 0 bridgehead atoms. The van der Waals surface area contributed by atoms with Crippen LogP contribution in [-0.2, 0) is 15.9 Å². The Bertz CT molecular complexity index is 509. The Morgan fingerprint density at radius 2 is 2.22 bits per heavy atom. The van der Waals surface area contributed by atoms with Gasteiger partial charge in [0.2, 0.25) is 0 Å². The molecule has 23 heavy (non-hydrogen) atoms. The summed E-state index contributed by atoms with van der Waals surface area (Å²) >= 11 is 1.65. The van der Waals surface area contributed by atoms with E-state index in [2.05, 4.69) is 15.2 Å². The minimum Gasteiger partial charge on any atom is -0.444 e. The molecular formula is C15H26N4O3S. The SMILES string of the molecule is CC(C)(C)OC(=O)NCC(N)Cc1cnc(N2CCOCC2)s1. The molecule has 1 unspecified atom stereocenters. The van der Waals surface area contributed by atoms with Crippen LogP contribution in [-0.4, -0.2) is 55.6 Å². The second-order valence-corrected chi connectivity index (χ2v) is 7.65. The van der Waals surface area contributed by atoms with Gasteiger partial charge in [0.1, 0.15) is 5.60 Å². The third-order valence-corrected chi connectivity index (χ3v) is 4.27. The number of ether oxygens (including phenoxy) is 2. The normalized spacial score (nSPS) is 17.0. The molecule has 8 heteroatoms. The van der Waals surface area contributed by atoms with Crippen LogP contribution in [0.1, 0.15) is 25.6 Å². The van der Waals surface area contributed by atoms with Crippen LogP contribution >= 0.6 is 11.3 Å². The average molecular weight is 342 g/mol. The van der Waals surface area contributed by atoms with E-state index in [1.54, 1.807) is 11.3 Å². The molecule has 0 saturated carbocycles. The zero-order valence-corrected chi connectivity index (χ0v) is 14.8. The van der Waals surface area contributed by atoms with Gasteiger partial charge in [-0.15, -0.1) is 11.3 Å². The molecule has 1 saturated heterocycles. The Hall–Kier alpha value is -1.38. The van der Waals surface area contributed by atoms with Crippen LogP contribution in [0.4, 0.5) is 9.93 Å². The molecule has 0 spiro atoms. The van der Waals surface area contributed by atoms with Gasteiger partial charge in [-0.3, -0.25) is 0 Å². The molecule has 130 valence electrons. The summed E-state index contributed by atoms with van der Waals surface area (Å²) in [7, 11) is 0. The first kappa shape index (κ1) is 18.0. The maximum atomic E-state index is 11.6. The zero-order chi connectivity index (χ0) is 16.9. The molecule has 1 aliphatic rings. The van der Waals surface area contributed by atoms with E-state index in [1.165, 1.54) is 0 Å². The van der Waals surface area contributed by atoms with E-state index in [0.29, 0.717) is 13.0 Å². The number of carbonyl (C=O) groups is 1. The average Bonchev–Trinajstić information content (AvgIpc) is 2.93. The quantitative estimate of drug-likeness (QED) is 0.840. The summed E-state index contributed by atoms with van der Waals surface area (Å²) in [4.78, 5) is 19.4. The molecule has 2 rings (SSSR count). The molecular weight excluding hydrogens is 316 g/mol. The van der Waals surface area contributed by atoms with Crippen LogP contribution < -0.4 is 16.0 Å². The number of rotatable bonds is 5. The summed E-state index contributed by atoms with van der Waals surface area (Å²) < 4.78 is 10.5. The number of nitrogens with two attached hydrogens (primary N) is 1. The smallest absolute Gasteiger partial charge is 0.407 e. The maximum Gasteiger partial charge on any atom is 0.407 e. The number of thiazole rings is 1. The van der Waals surface area contributed by atoms with Crippen molar-refractivity contribution >= 4 is 22.6 Å². The number of hydrogen-bond acceptors (Lipinski definition) is 7. The van der Waals surface area contributed by atoms with E-state index in [-0.39, 0.29) is 6.04 Å². The highest BCUT2D eigenvalue weighted by Gasteiger charge is 2.18. The molecule has 1 aromatic rings. The van der Waals surface area contributed by atoms with Crippen LogP contribution in [0.3, 0.4) is 0 Å². The van der Waals surface area contributed by atoms with Gasteiger partial charge in [-0.1, -0.05) is 0 Å². The Kier molecular flexibility index (Phi) is 6.20. The van der Waals surface area contributed by atoms with E-state index < -0.39 is 11.7 Å². The Labute approximate surface area is 141 Å². The highest BCUT2D eigenvalue weighted by molar-refractivity contribution is 7.15. The molecule has 0 radical (unpaired) electrons. The lowest BCUT2D eigenvalue weighted by Crippen LogP contribution is -2.40. The van der Waals surface area contributed by atoms with Crippen molar-refractivity contribution in [1.29, 1.82) is 0 Å². The number of alkyl carbamates (subject to hydrolysis) is 1. The van der Waals surface area contributed by atoms with E-state index in [1.807, 2.05) is 27.0 Å². The largest absolute Gasteiger partial charge is 0.444 e. The number of aromatic nitrogens is 1. The molecule has 7 nitrogen and oxygen atoms in total. The molecule has 0 aromatic carbocycles. The third-order valence-electron chi connectivity index (χ3n) is 3.19. The summed E-state index contributed by atoms with van der Waals surface area (Å²) in [6, 6.07) is -0.166. The Balaban J connectivity index is 1.76. The summed E-state index contributed by atoms with van der Waals surface area (Å²) in [5, 5.41) is 3.71. The van der Waals surface area contributed by atoms with Crippen LogP contribution in [0.25, 0.3) is 0 Å². The van der Waals surface area contributed by atoms with E-state index in [0.717, 1.165) is 36.3 Å². The van der Waals surface area contributed by atoms with Gasteiger partial charge in [-0.2, -0.15) is 0 Å². The Morgan fingerprint density at radius 1 is 1.52 bits per heavy atom. The molecule has 2 heterocycles. The number of nitrogens with one attached hydrogen (secondary N) is 1. The Morgan fingerprint density at radius 3 is 2.87 bits per heavy atom. The van der Waals surface area contributed by atoms with Gasteiger partial charge >= 0.3 is 6.09 Å². The fourth-order valence-electron chi connectivity index (χ4n) is 2.15. The van der Waals surface area contributed by atoms with Crippen molar-refractivity contribution in [3.05, 3.63) is 11.1 Å². The third kappa shape index (κ3) is 6.32. The standard InChI is InChI=1S/C15H26N4O3S/c1-15(2,3)22-14(20)18-9-11(16)8-12-10-17-13(23-12)19-4-6-21-7-5-19/h10-11H,4-9,16H2,1-3H3,(H,18,20). The van der Waals surface area contributed by atoms with Gasteiger partial charge in [0.25, 0.3) is 0 Å². The van der Waals surface area contributed by atoms with Gasteiger partial charge in [0.05, 0.1) is 13.2 Å². The van der Waals surface area contributed by atoms with Crippen molar-refractivity contribution in [3.8, 4) is 0 Å². The second kappa shape index (κ2) is 7.94. The number of nitrogens with zero attached hydrogens (tertiary/aromatic N) is 2. The highest BCUT2D eigenvalue weighted by Crippen LogP contribution is 2.24. The van der Waals surface area contributed by atoms with Crippen molar-refractivity contribution in [1.82, 2.24) is 10.3 Å². The highest BCUT2D eigenvalue weighted by atomic mass is 32.1. The first-order valence-corrected chi connectivity index (χ1v) is 8.65. The minimum absolute atomic E-state index is 0.166. The lowest BCUT2D eigenvalue weighted by molar-refractivity contribution is 0.0524. The molecule has 1 aromatic heterocycles. The van der Waals surface area contributed by atoms with Gasteiger partial charge in [-0.25, -0.2) is 9.78 Å². The molecule has 1 fully saturated rings. The zero-order valence-electron chi connectivity index (χ0n) is 14.0. The van der Waals surface area contributed by atoms with Crippen LogP contribution in [0, 0.1) is 0 Å². The summed E-state index contributed by atoms with van der Waals surface area (Å²) in [6.07, 6.45) is 2.10. The van der Waals surface area contributed by atoms with Crippen LogP contribution in [0.5, 0.6) is 0 Å². The van der Waals surface area contributed by atoms with E-state index >= 15 is 0 Å². The fraction of sp³-hybridized carbons (Fsp3) is 0.733. The lowest BCUT2D eigenvalue weighted by Gasteiger charge is -2.26. The van der Waals surface area contributed by atoms with Crippen molar-refractivity contribution in [2.75, 3.05) is 37.7 Å². The lowest BCUT2D eigenvalue weighted by atomic mass is 10.2. The summed E-state index contributed by atoms with van der Waals surface area (Å²) in [5.74, 6) is 0. The molecule has 1 aliphatic heterocycles. The summed E-state index contributed by atoms with van der Waals surface area (Å²) in [6.45, 7) is 9.10. The van der Waals surface area contributed by atoms with Crippen LogP contribution in [0.2, 0.25) is 0 Å². The first-order chi connectivity index (χ1) is 10.8. The minimum atomic E-state index is -0.501. The van der Waals surface area contributed by atoms with Gasteiger partial charge in [0, 0.05) is 43.2 Å². The number of hydrogen-bond donors (Lipinski definition) is 2. The number of anilines is 1. The number of carbonyl (C=O) groups excluding carboxylic acids is 1. The first-order valence-electron chi connectivity index (χ1n) is 7.83. The second-order valence-electron chi connectivity index (χ2n) is 6.56. The fourth-order valence-corrected chi connectivity index (χ4v) is 3.21. The number of morpholine rings is 1. The van der Waals surface area contributed by atoms with Gasteiger partial charge in [-0.05, 0) is 20.8 Å². The molecule has 3 N–H and O–H groups in total. The van der Waals surface area contributed by atoms with Crippen molar-refractivity contribution in [2.45, 2.75) is 38.8 Å². The van der Waals surface area contributed by atoms with Gasteiger partial charge < -0.3 is 25.4 Å². The van der Waals surface area contributed by atoms with Gasteiger partial charge in [0.15, 0.2) is 5.13 Å². The van der Waals surface area contributed by atoms with E-state index in [4.69, 9.17) is 15.2 Å². The van der Waals surface area contributed by atoms with Crippen molar-refractivity contribution < 1.29 is 14.3 Å². The van der Waals surface area contributed by atoms with Crippen LogP contribution in [0.15, 0.2) is 6.20 Å². The van der Waals surface area contributed by atoms with Crippen molar-refractivity contribution in [2.24, 2.45) is 5.73 Å². The topological polar surface area (TPSA) is 89.7 Å². The predicted octanol–water partition coefficient (Wildman–Crippen LogP) is 1.37. The summed E-state index contributed by atoms with van der Waals surface area (Å²) in [5.41, 5.74) is 5.58. The molecule has 0 aliphatic carbocycles. The maximum absolute atomic E-state index is 11.6. The van der Waals surface area contributed by atoms with E-state index in [9.17, 15) is 4.79 Å². The van der Waals surface area contributed by atoms with Crippen molar-refractivity contribution in [3.63, 3.8) is 0 Å². The molecule has 1 atom stereocenters.